The van der Waals surface area contributed by atoms with Crippen LogP contribution in [0.1, 0.15) is 0 Å². The Hall–Kier alpha value is 3.78. The van der Waals surface area contributed by atoms with E-state index in [4.69, 9.17) is 0 Å². The normalized spacial score (nSPS) is 19.2. The van der Waals surface area contributed by atoms with Gasteiger partial charge in [0.05, 0.1) is 0 Å². The third-order valence-corrected chi connectivity index (χ3v) is 0. The van der Waals surface area contributed by atoms with Gasteiger partial charge in [0.25, 0.3) is 0 Å². The molecule has 1 atom stereocenters. The van der Waals surface area contributed by atoms with Crippen LogP contribution in [0.3, 0.4) is 0 Å². The van der Waals surface area contributed by atoms with E-state index in [1.54, 1.807) is 0 Å². The summed E-state index contributed by atoms with van der Waals surface area (Å²) >= 11 is 9.86. The van der Waals surface area contributed by atoms with E-state index in [1.807, 2.05) is 0 Å². The Morgan fingerprint density at radius 1 is 1.00 bits per heavy atom. The summed E-state index contributed by atoms with van der Waals surface area (Å²) in [5, 5.41) is 0. The predicted molar refractivity (Wildman–Crippen MR) is 72.7 cm³/mol. The molecule has 6 heteroatoms. The molecule has 0 saturated heterocycles. The molecule has 0 heterocycles. The first-order chi connectivity index (χ1) is 2.24. The molecule has 1 unspecified atom stereocenters. The fourth-order valence-electron chi connectivity index (χ4n) is 0. The number of rotatable bonds is 0. The standard InChI is InChI=1S/H2I4P2/c1-6(2,3,4)5/h5H2. The molecule has 0 bridgehead atoms. The van der Waals surface area contributed by atoms with Crippen molar-refractivity contribution in [2.24, 2.45) is 0 Å². The zero-order valence-corrected chi connectivity index (χ0v) is 13.2. The molecule has 0 aromatic heterocycles. The van der Waals surface area contributed by atoms with E-state index in [0.717, 1.165) is 0 Å². The second kappa shape index (κ2) is 2.80. The molecular weight excluding hydrogens is 570 g/mol. The van der Waals surface area contributed by atoms with E-state index in [-0.39, 0.29) is 0 Å². The van der Waals surface area contributed by atoms with E-state index in [1.165, 1.54) is 0 Å². The first kappa shape index (κ1) is 9.78. The fourth-order valence-corrected chi connectivity index (χ4v) is 0. The van der Waals surface area contributed by atoms with Crippen molar-refractivity contribution in [3.63, 3.8) is 0 Å². The Bertz CT molecular complexity index is 38.7. The van der Waals surface area contributed by atoms with E-state index in [0.29, 0.717) is 0 Å². The summed E-state index contributed by atoms with van der Waals surface area (Å²) in [6.07, 6.45) is 0. The predicted octanol–water partition coefficient (Wildman–Crippen LogP) is 4.73. The third-order valence-electron chi connectivity index (χ3n) is 0. The topological polar surface area (TPSA) is 0 Å². The van der Waals surface area contributed by atoms with Gasteiger partial charge in [0, 0.05) is 0 Å². The van der Waals surface area contributed by atoms with E-state index in [2.05, 4.69) is 97.1 Å². The van der Waals surface area contributed by atoms with Crippen molar-refractivity contribution in [1.29, 1.82) is 0 Å². The number of halogens is 4. The second-order valence-corrected chi connectivity index (χ2v) is 75.3. The molecule has 6 heavy (non-hydrogen) atoms. The van der Waals surface area contributed by atoms with Crippen LogP contribution in [0.4, 0.5) is 0 Å². The summed E-state index contributed by atoms with van der Waals surface area (Å²) in [5.74, 6) is 0. The average molecular weight is 572 g/mol. The van der Waals surface area contributed by atoms with Gasteiger partial charge in [0.2, 0.25) is 0 Å². The van der Waals surface area contributed by atoms with Gasteiger partial charge in [0.15, 0.2) is 0 Å². The van der Waals surface area contributed by atoms with Crippen LogP contribution in [0.2, 0.25) is 0 Å². The first-order valence-corrected chi connectivity index (χ1v) is 15.9. The van der Waals surface area contributed by atoms with Gasteiger partial charge in [-0.05, 0) is 0 Å². The van der Waals surface area contributed by atoms with Crippen molar-refractivity contribution in [3.05, 3.63) is 0 Å². The maximum atomic E-state index is 2.85. The second-order valence-electron chi connectivity index (χ2n) is 0.774. The van der Waals surface area contributed by atoms with Gasteiger partial charge in [-0.25, -0.2) is 0 Å². The minimum atomic E-state index is -1.25. The molecule has 0 aliphatic carbocycles. The summed E-state index contributed by atoms with van der Waals surface area (Å²) in [5.41, 5.74) is 0. The Balaban J connectivity index is 3.73. The van der Waals surface area contributed by atoms with Crippen LogP contribution in [-0.4, -0.2) is 0 Å². The molecule has 0 amide bonds. The fraction of sp³-hybridized carbons (Fsp3) is 0. The van der Waals surface area contributed by atoms with Crippen LogP contribution in [0.25, 0.3) is 0 Å². The van der Waals surface area contributed by atoms with Crippen LogP contribution in [0.15, 0.2) is 0 Å². The molecule has 0 N–H and O–H groups in total. The molecule has 0 fully saturated rings. The summed E-state index contributed by atoms with van der Waals surface area (Å²) in [4.78, 5) is 0. The van der Waals surface area contributed by atoms with Crippen molar-refractivity contribution in [2.45, 2.75) is 0 Å². The molecule has 0 spiro atoms. The quantitative estimate of drug-likeness (QED) is 0.292. The summed E-state index contributed by atoms with van der Waals surface area (Å²) in [6, 6.07) is 0. The first-order valence-electron chi connectivity index (χ1n) is 0.934. The zero-order chi connectivity index (χ0) is 5.45. The van der Waals surface area contributed by atoms with Gasteiger partial charge in [-0.1, -0.05) is 0 Å². The SMILES string of the molecule is PP(I)(I)(I)I. The Morgan fingerprint density at radius 3 is 1.00 bits per heavy atom. The molecule has 40 valence electrons. The Labute approximate surface area is 91.7 Å². The molecule has 0 rings (SSSR count). The summed E-state index contributed by atoms with van der Waals surface area (Å²) < 4.78 is -1.25. The van der Waals surface area contributed by atoms with Gasteiger partial charge in [-0.3, -0.25) is 0 Å². The van der Waals surface area contributed by atoms with Crippen LogP contribution < -0.4 is 0 Å². The van der Waals surface area contributed by atoms with Crippen LogP contribution in [0.5, 0.6) is 0 Å². The van der Waals surface area contributed by atoms with Gasteiger partial charge < -0.3 is 0 Å². The third kappa shape index (κ3) is 25.0. The molecule has 0 aliphatic heterocycles. The minimum absolute atomic E-state index is 1.25. The van der Waals surface area contributed by atoms with E-state index < -0.39 is -3.14 Å². The van der Waals surface area contributed by atoms with Gasteiger partial charge in [0.1, 0.15) is 0 Å². The van der Waals surface area contributed by atoms with Crippen LogP contribution in [-0.2, 0) is 0 Å². The van der Waals surface area contributed by atoms with Crippen LogP contribution in [0, 0.1) is 0 Å². The zero-order valence-electron chi connectivity index (χ0n) is 2.54. The molecule has 0 aromatic carbocycles. The Morgan fingerprint density at radius 2 is 1.00 bits per heavy atom. The van der Waals surface area contributed by atoms with Crippen molar-refractivity contribution >= 4 is 94.0 Å². The van der Waals surface area contributed by atoms with E-state index >= 15 is 0 Å². The maximum absolute atomic E-state index is 2.85. The van der Waals surface area contributed by atoms with Gasteiger partial charge in [-0.2, -0.15) is 0 Å². The monoisotopic (exact) mass is 572 g/mol. The average Bonchev–Trinajstić information content (AvgIpc) is 0.650. The van der Waals surface area contributed by atoms with E-state index in [9.17, 15) is 0 Å². The van der Waals surface area contributed by atoms with Crippen molar-refractivity contribution in [1.82, 2.24) is 0 Å². The van der Waals surface area contributed by atoms with Gasteiger partial charge in [-0.15, -0.1) is 0 Å². The molecule has 0 radical (unpaired) electrons. The molecular formula is H2I4P2. The summed E-state index contributed by atoms with van der Waals surface area (Å²) in [7, 11) is 2.85. The van der Waals surface area contributed by atoms with Crippen LogP contribution >= 0.6 is 94.0 Å². The number of hydrogen-bond acceptors (Lipinski definition) is 0. The van der Waals surface area contributed by atoms with Crippen molar-refractivity contribution < 1.29 is 0 Å². The molecule has 0 nitrogen and oxygen atoms in total. The molecule has 0 aliphatic rings. The molecule has 0 aromatic rings. The van der Waals surface area contributed by atoms with Crippen molar-refractivity contribution in [3.8, 4) is 0 Å². The van der Waals surface area contributed by atoms with Gasteiger partial charge >= 0.3 is 94.0 Å². The number of hydrogen-bond donors (Lipinski definition) is 0. The Kier molecular flexibility index (Phi) is 4.56. The summed E-state index contributed by atoms with van der Waals surface area (Å²) in [6.45, 7) is 0. The molecule has 0 saturated carbocycles. The van der Waals surface area contributed by atoms with Crippen molar-refractivity contribution in [2.75, 3.05) is 0 Å².